The molecule has 0 saturated heterocycles. The predicted octanol–water partition coefficient (Wildman–Crippen LogP) is 11.0. The highest BCUT2D eigenvalue weighted by molar-refractivity contribution is 5.80. The third kappa shape index (κ3) is 10.1. The quantitative estimate of drug-likeness (QED) is 0.233. The first-order valence-electron chi connectivity index (χ1n) is 16.0. The third-order valence-electron chi connectivity index (χ3n) is 9.22. The summed E-state index contributed by atoms with van der Waals surface area (Å²) in [5.41, 5.74) is 7.25. The summed E-state index contributed by atoms with van der Waals surface area (Å²) >= 11 is 0. The molecule has 0 amide bonds. The molecule has 3 heteroatoms. The van der Waals surface area contributed by atoms with Crippen molar-refractivity contribution in [1.29, 1.82) is 0 Å². The van der Waals surface area contributed by atoms with E-state index in [0.717, 1.165) is 22.3 Å². The summed E-state index contributed by atoms with van der Waals surface area (Å²) in [6.07, 6.45) is 33.8. The molecule has 0 saturated carbocycles. The number of carboxylic acid groups (broad SMARTS) is 1. The Bertz CT molecular complexity index is 1400. The van der Waals surface area contributed by atoms with Gasteiger partial charge in [0.05, 0.1) is 0 Å². The van der Waals surface area contributed by atoms with Gasteiger partial charge in [0.1, 0.15) is 0 Å². The van der Waals surface area contributed by atoms with Gasteiger partial charge in [0, 0.05) is 5.41 Å². The Labute approximate surface area is 267 Å². The van der Waals surface area contributed by atoms with Crippen LogP contribution in [0.1, 0.15) is 101 Å². The highest BCUT2D eigenvalue weighted by atomic mass is 16.4. The molecule has 2 N–H and O–H groups in total. The lowest BCUT2D eigenvalue weighted by molar-refractivity contribution is -0.171. The zero-order valence-corrected chi connectivity index (χ0v) is 28.9. The maximum atomic E-state index is 11.8. The molecule has 0 spiro atoms. The molecule has 2 aliphatic carbocycles. The number of rotatable bonds is 11. The molecule has 238 valence electrons. The number of aliphatic carboxylic acids is 1. The van der Waals surface area contributed by atoms with Gasteiger partial charge < -0.3 is 10.2 Å². The van der Waals surface area contributed by atoms with Crippen molar-refractivity contribution in [2.24, 2.45) is 10.8 Å². The Balaban J connectivity index is 1.95. The van der Waals surface area contributed by atoms with Gasteiger partial charge in [0.25, 0.3) is 0 Å². The first kappa shape index (κ1) is 36.8. The van der Waals surface area contributed by atoms with Crippen LogP contribution in [0.15, 0.2) is 130 Å². The summed E-state index contributed by atoms with van der Waals surface area (Å²) in [5.74, 6) is -1.16. The van der Waals surface area contributed by atoms with Crippen LogP contribution < -0.4 is 0 Å². The average Bonchev–Trinajstić information content (AvgIpc) is 2.92. The maximum Gasteiger partial charge on any atom is 0.336 e. The van der Waals surface area contributed by atoms with Crippen LogP contribution >= 0.6 is 0 Å². The van der Waals surface area contributed by atoms with Gasteiger partial charge in [-0.3, -0.25) is 0 Å². The first-order chi connectivity index (χ1) is 20.5. The van der Waals surface area contributed by atoms with E-state index in [-0.39, 0.29) is 11.8 Å². The minimum Gasteiger partial charge on any atom is -0.479 e. The van der Waals surface area contributed by atoms with Crippen LogP contribution in [0.5, 0.6) is 0 Å². The summed E-state index contributed by atoms with van der Waals surface area (Å²) in [7, 11) is 0. The van der Waals surface area contributed by atoms with Gasteiger partial charge in [-0.25, -0.2) is 4.79 Å². The van der Waals surface area contributed by atoms with Crippen molar-refractivity contribution >= 4 is 5.97 Å². The summed E-state index contributed by atoms with van der Waals surface area (Å²) < 4.78 is 0. The third-order valence-corrected chi connectivity index (χ3v) is 9.22. The van der Waals surface area contributed by atoms with Crippen LogP contribution in [0.4, 0.5) is 0 Å². The second kappa shape index (κ2) is 16.0. The molecule has 1 unspecified atom stereocenters. The second-order valence-corrected chi connectivity index (χ2v) is 13.8. The zero-order chi connectivity index (χ0) is 33.1. The van der Waals surface area contributed by atoms with E-state index < -0.39 is 17.0 Å². The minimum absolute atomic E-state index is 0.231. The van der Waals surface area contributed by atoms with E-state index >= 15 is 0 Å². The number of hydrogen-bond donors (Lipinski definition) is 2. The van der Waals surface area contributed by atoms with Crippen molar-refractivity contribution < 1.29 is 15.0 Å². The summed E-state index contributed by atoms with van der Waals surface area (Å²) in [4.78, 5) is 11.8. The molecule has 2 aliphatic rings. The molecule has 0 aliphatic heterocycles. The van der Waals surface area contributed by atoms with Gasteiger partial charge >= 0.3 is 5.97 Å². The van der Waals surface area contributed by atoms with Gasteiger partial charge in [-0.05, 0) is 90.2 Å². The molecule has 3 nitrogen and oxygen atoms in total. The van der Waals surface area contributed by atoms with Crippen LogP contribution in [0, 0.1) is 10.8 Å². The molecule has 44 heavy (non-hydrogen) atoms. The van der Waals surface area contributed by atoms with Crippen LogP contribution in [0.2, 0.25) is 0 Å². The number of allylic oxidation sites excluding steroid dienone is 21. The molecule has 0 aromatic rings. The normalized spacial score (nSPS) is 24.3. The zero-order valence-electron chi connectivity index (χ0n) is 28.9. The number of hydrogen-bond acceptors (Lipinski definition) is 2. The van der Waals surface area contributed by atoms with Gasteiger partial charge in [-0.1, -0.05) is 146 Å². The van der Waals surface area contributed by atoms with Gasteiger partial charge in [0.15, 0.2) is 5.60 Å². The van der Waals surface area contributed by atoms with Crippen LogP contribution in [0.3, 0.4) is 0 Å². The van der Waals surface area contributed by atoms with Crippen molar-refractivity contribution in [2.45, 2.75) is 107 Å². The highest BCUT2D eigenvalue weighted by Gasteiger charge is 2.53. The molecule has 0 fully saturated rings. The summed E-state index contributed by atoms with van der Waals surface area (Å²) in [6.45, 7) is 21.0. The first-order valence-corrected chi connectivity index (χ1v) is 16.0. The second-order valence-electron chi connectivity index (χ2n) is 13.8. The standard InChI is InChI=1S/C41H56O3/c1-30(18-13-20-32(3)23-25-36-34(5)22-15-28-39(36,7)8)16-11-12-17-31(2)19-14-21-33(4)24-26-37-35(6)27-29-41(44,38(42)43)40(37,9)10/h11-14,16-21,23-26,44H,15,22,27-29H2,1-10H3,(H,42,43)/b12-11+,18-13+,19-14+,25-23+,26-24+,30-16+,31-17+,32-20+,33-21+. The van der Waals surface area contributed by atoms with E-state index in [1.165, 1.54) is 41.6 Å². The van der Waals surface area contributed by atoms with E-state index in [4.69, 9.17) is 0 Å². The maximum absolute atomic E-state index is 11.8. The van der Waals surface area contributed by atoms with Crippen LogP contribution in [-0.4, -0.2) is 21.8 Å². The predicted molar refractivity (Wildman–Crippen MR) is 189 cm³/mol. The summed E-state index contributed by atoms with van der Waals surface area (Å²) in [6, 6.07) is 0. The molecule has 0 heterocycles. The molecule has 0 bridgehead atoms. The van der Waals surface area contributed by atoms with Crippen molar-refractivity contribution in [1.82, 2.24) is 0 Å². The number of carbonyl (C=O) groups is 1. The fourth-order valence-electron chi connectivity index (χ4n) is 6.08. The van der Waals surface area contributed by atoms with Crippen molar-refractivity contribution in [2.75, 3.05) is 0 Å². The van der Waals surface area contributed by atoms with Gasteiger partial charge in [-0.2, -0.15) is 0 Å². The van der Waals surface area contributed by atoms with Crippen LogP contribution in [0.25, 0.3) is 0 Å². The number of aliphatic hydroxyl groups is 1. The molecule has 0 aromatic carbocycles. The monoisotopic (exact) mass is 596 g/mol. The van der Waals surface area contributed by atoms with Crippen molar-refractivity contribution in [3.8, 4) is 0 Å². The van der Waals surface area contributed by atoms with Crippen LogP contribution in [-0.2, 0) is 4.79 Å². The minimum atomic E-state index is -1.76. The van der Waals surface area contributed by atoms with Crippen molar-refractivity contribution in [3.05, 3.63) is 130 Å². The molecule has 0 aromatic heterocycles. The van der Waals surface area contributed by atoms with Gasteiger partial charge in [-0.15, -0.1) is 0 Å². The lowest BCUT2D eigenvalue weighted by Crippen LogP contribution is -2.54. The largest absolute Gasteiger partial charge is 0.479 e. The van der Waals surface area contributed by atoms with E-state index in [0.29, 0.717) is 6.42 Å². The van der Waals surface area contributed by atoms with E-state index in [9.17, 15) is 15.0 Å². The van der Waals surface area contributed by atoms with E-state index in [2.05, 4.69) is 96.2 Å². The Morgan fingerprint density at radius 1 is 0.636 bits per heavy atom. The van der Waals surface area contributed by atoms with Gasteiger partial charge in [0.2, 0.25) is 0 Å². The van der Waals surface area contributed by atoms with E-state index in [1.54, 1.807) is 0 Å². The Morgan fingerprint density at radius 3 is 1.55 bits per heavy atom. The summed E-state index contributed by atoms with van der Waals surface area (Å²) in [5, 5.41) is 20.5. The molecule has 2 rings (SSSR count). The highest BCUT2D eigenvalue weighted by Crippen LogP contribution is 2.48. The lowest BCUT2D eigenvalue weighted by atomic mass is 9.62. The van der Waals surface area contributed by atoms with Crippen molar-refractivity contribution in [3.63, 3.8) is 0 Å². The SMILES string of the molecule is CC1=C(/C=C/C(C)=C/C=C/C(C)=C/C=C/C=C(C)/C=C/C=C(C)/C=C/C2=C(C)CCC(O)(C(=O)O)C2(C)C)C(C)(C)CCC1. The molecule has 0 radical (unpaired) electrons. The molecular weight excluding hydrogens is 540 g/mol. The molecule has 1 atom stereocenters. The fraction of sp³-hybridized carbons (Fsp3) is 0.439. The Hall–Kier alpha value is -3.43. The number of carboxylic acids is 1. The Morgan fingerprint density at radius 2 is 1.07 bits per heavy atom. The topological polar surface area (TPSA) is 57.5 Å². The fourth-order valence-corrected chi connectivity index (χ4v) is 6.08. The average molecular weight is 597 g/mol. The Kier molecular flexibility index (Phi) is 13.4. The molecular formula is C41H56O3. The smallest absolute Gasteiger partial charge is 0.336 e. The van der Waals surface area contributed by atoms with E-state index in [1.807, 2.05) is 58.1 Å². The lowest BCUT2D eigenvalue weighted by Gasteiger charge is -2.44.